The van der Waals surface area contributed by atoms with E-state index in [0.717, 1.165) is 16.3 Å². The van der Waals surface area contributed by atoms with Gasteiger partial charge in [-0.15, -0.1) is 0 Å². The highest BCUT2D eigenvalue weighted by molar-refractivity contribution is 7.79. The Morgan fingerprint density at radius 1 is 1.19 bits per heavy atom. The molecule has 0 bridgehead atoms. The molecular formula is C12H12O3S. The van der Waals surface area contributed by atoms with Gasteiger partial charge in [-0.25, -0.2) is 4.21 Å². The van der Waals surface area contributed by atoms with Crippen molar-refractivity contribution < 1.29 is 13.5 Å². The van der Waals surface area contributed by atoms with Crippen LogP contribution in [0.25, 0.3) is 10.8 Å². The molecule has 0 radical (unpaired) electrons. The van der Waals surface area contributed by atoms with Gasteiger partial charge < -0.3 is 9.29 Å². The second-order valence-corrected chi connectivity index (χ2v) is 4.39. The Hall–Kier alpha value is -1.23. The summed E-state index contributed by atoms with van der Waals surface area (Å²) in [5.41, 5.74) is -0.0625. The van der Waals surface area contributed by atoms with E-state index in [4.69, 9.17) is 4.74 Å². The van der Waals surface area contributed by atoms with Gasteiger partial charge in [0, 0.05) is 12.7 Å². The number of benzene rings is 2. The Bertz CT molecular complexity index is 519. The Morgan fingerprint density at radius 3 is 2.56 bits per heavy atom. The molecule has 0 aromatic heterocycles. The van der Waals surface area contributed by atoms with Gasteiger partial charge in [-0.2, -0.15) is 0 Å². The molecule has 0 spiro atoms. The fourth-order valence-electron chi connectivity index (χ4n) is 1.77. The minimum Gasteiger partial charge on any atom is -0.361 e. The normalized spacial score (nSPS) is 14.9. The van der Waals surface area contributed by atoms with E-state index in [0.29, 0.717) is 0 Å². The van der Waals surface area contributed by atoms with Gasteiger partial charge in [0.05, 0.1) is 0 Å². The van der Waals surface area contributed by atoms with Crippen LogP contribution in [0.2, 0.25) is 0 Å². The molecule has 2 aromatic rings. The maximum absolute atomic E-state index is 11.2. The summed E-state index contributed by atoms with van der Waals surface area (Å²) in [4.78, 5) is 0. The third-order valence-corrected chi connectivity index (χ3v) is 3.29. The number of fused-ring (bicyclic) bond motifs is 1. The Labute approximate surface area is 96.3 Å². The lowest BCUT2D eigenvalue weighted by Gasteiger charge is -2.13. The van der Waals surface area contributed by atoms with E-state index >= 15 is 0 Å². The minimum absolute atomic E-state index is 0.737. The van der Waals surface area contributed by atoms with E-state index in [1.165, 1.54) is 7.11 Å². The molecule has 84 valence electrons. The smallest absolute Gasteiger partial charge is 0.187 e. The third-order valence-electron chi connectivity index (χ3n) is 2.47. The fourth-order valence-corrected chi connectivity index (χ4v) is 2.36. The lowest BCUT2D eigenvalue weighted by Crippen LogP contribution is -2.08. The molecule has 3 nitrogen and oxygen atoms in total. The molecule has 0 fully saturated rings. The molecule has 2 atom stereocenters. The fraction of sp³-hybridized carbons (Fsp3) is 0.167. The number of hydrogen-bond acceptors (Lipinski definition) is 2. The minimum atomic E-state index is -2.03. The van der Waals surface area contributed by atoms with Crippen molar-refractivity contribution in [1.29, 1.82) is 0 Å². The van der Waals surface area contributed by atoms with Crippen molar-refractivity contribution in [3.63, 3.8) is 0 Å². The van der Waals surface area contributed by atoms with Crippen LogP contribution in [-0.4, -0.2) is 15.9 Å². The molecular weight excluding hydrogens is 224 g/mol. The molecule has 0 aliphatic heterocycles. The average Bonchev–Trinajstić information content (AvgIpc) is 2.30. The number of hydrogen-bond donors (Lipinski definition) is 1. The highest BCUT2D eigenvalue weighted by atomic mass is 32.2. The standard InChI is InChI=1S/C12H12O3S/c1-15-12(16(13)14)11-8-4-6-9-5-2-3-7-10(9)11/h2-8,12H,1H3,(H,13,14). The molecule has 0 saturated carbocycles. The van der Waals surface area contributed by atoms with Crippen LogP contribution >= 0.6 is 0 Å². The Morgan fingerprint density at radius 2 is 1.88 bits per heavy atom. The second-order valence-electron chi connectivity index (χ2n) is 3.41. The summed E-state index contributed by atoms with van der Waals surface area (Å²) >= 11 is -2.03. The maximum Gasteiger partial charge on any atom is 0.187 e. The lowest BCUT2D eigenvalue weighted by molar-refractivity contribution is 0.165. The van der Waals surface area contributed by atoms with Crippen LogP contribution in [-0.2, 0) is 15.8 Å². The highest BCUT2D eigenvalue weighted by Gasteiger charge is 2.18. The molecule has 2 unspecified atom stereocenters. The van der Waals surface area contributed by atoms with Crippen LogP contribution in [0.1, 0.15) is 11.0 Å². The maximum atomic E-state index is 11.2. The molecule has 2 aromatic carbocycles. The first kappa shape index (κ1) is 11.3. The van der Waals surface area contributed by atoms with E-state index in [1.807, 2.05) is 42.5 Å². The quantitative estimate of drug-likeness (QED) is 0.833. The lowest BCUT2D eigenvalue weighted by atomic mass is 10.1. The summed E-state index contributed by atoms with van der Waals surface area (Å²) in [6.07, 6.45) is 0. The SMILES string of the molecule is COC(c1cccc2ccccc12)S(=O)O. The highest BCUT2D eigenvalue weighted by Crippen LogP contribution is 2.27. The summed E-state index contributed by atoms with van der Waals surface area (Å²) in [6, 6.07) is 13.4. The first-order valence-electron chi connectivity index (χ1n) is 4.84. The van der Waals surface area contributed by atoms with E-state index in [9.17, 15) is 8.76 Å². The van der Waals surface area contributed by atoms with Crippen molar-refractivity contribution in [3.05, 3.63) is 48.0 Å². The predicted molar refractivity (Wildman–Crippen MR) is 64.5 cm³/mol. The van der Waals surface area contributed by atoms with Gasteiger partial charge in [-0.05, 0) is 10.8 Å². The first-order chi connectivity index (χ1) is 7.74. The van der Waals surface area contributed by atoms with Crippen molar-refractivity contribution in [2.24, 2.45) is 0 Å². The van der Waals surface area contributed by atoms with E-state index in [2.05, 4.69) is 0 Å². The second kappa shape index (κ2) is 4.74. The molecule has 1 N–H and O–H groups in total. The Kier molecular flexibility index (Phi) is 3.33. The van der Waals surface area contributed by atoms with Gasteiger partial charge in [-0.3, -0.25) is 0 Å². The van der Waals surface area contributed by atoms with Crippen molar-refractivity contribution >= 4 is 21.9 Å². The summed E-state index contributed by atoms with van der Waals surface area (Å²) in [5, 5.41) is 1.98. The van der Waals surface area contributed by atoms with Gasteiger partial charge in [0.15, 0.2) is 16.5 Å². The van der Waals surface area contributed by atoms with Crippen LogP contribution in [0.5, 0.6) is 0 Å². The summed E-state index contributed by atoms with van der Waals surface area (Å²) < 4.78 is 25.4. The van der Waals surface area contributed by atoms with E-state index in [-0.39, 0.29) is 0 Å². The summed E-state index contributed by atoms with van der Waals surface area (Å²) in [6.45, 7) is 0. The largest absolute Gasteiger partial charge is 0.361 e. The average molecular weight is 236 g/mol. The van der Waals surface area contributed by atoms with Gasteiger partial charge in [-0.1, -0.05) is 42.5 Å². The molecule has 2 rings (SSSR count). The monoisotopic (exact) mass is 236 g/mol. The zero-order valence-electron chi connectivity index (χ0n) is 8.79. The van der Waals surface area contributed by atoms with Crippen molar-refractivity contribution in [2.45, 2.75) is 5.44 Å². The third kappa shape index (κ3) is 2.00. The van der Waals surface area contributed by atoms with Crippen LogP contribution in [0.4, 0.5) is 0 Å². The van der Waals surface area contributed by atoms with Crippen molar-refractivity contribution in [3.8, 4) is 0 Å². The number of methoxy groups -OCH3 is 1. The number of rotatable bonds is 3. The Balaban J connectivity index is 2.63. The molecule has 4 heteroatoms. The van der Waals surface area contributed by atoms with E-state index in [1.54, 1.807) is 0 Å². The molecule has 0 aliphatic rings. The topological polar surface area (TPSA) is 46.5 Å². The van der Waals surface area contributed by atoms with Crippen LogP contribution in [0.3, 0.4) is 0 Å². The van der Waals surface area contributed by atoms with Crippen molar-refractivity contribution in [1.82, 2.24) is 0 Å². The van der Waals surface area contributed by atoms with Gasteiger partial charge in [0.2, 0.25) is 0 Å². The zero-order chi connectivity index (χ0) is 11.5. The van der Waals surface area contributed by atoms with Crippen molar-refractivity contribution in [2.75, 3.05) is 7.11 Å². The van der Waals surface area contributed by atoms with Gasteiger partial charge in [0.25, 0.3) is 0 Å². The van der Waals surface area contributed by atoms with Gasteiger partial charge in [0.1, 0.15) is 0 Å². The summed E-state index contributed by atoms with van der Waals surface area (Å²) in [7, 11) is 1.43. The number of ether oxygens (including phenoxy) is 1. The van der Waals surface area contributed by atoms with Gasteiger partial charge >= 0.3 is 0 Å². The molecule has 0 saturated heterocycles. The van der Waals surface area contributed by atoms with Crippen LogP contribution in [0, 0.1) is 0 Å². The first-order valence-corrected chi connectivity index (χ1v) is 6.01. The molecule has 0 aliphatic carbocycles. The molecule has 0 heterocycles. The summed E-state index contributed by atoms with van der Waals surface area (Å²) in [5.74, 6) is 0. The van der Waals surface area contributed by atoms with Crippen LogP contribution < -0.4 is 0 Å². The predicted octanol–water partition coefficient (Wildman–Crippen LogP) is 2.71. The van der Waals surface area contributed by atoms with E-state index < -0.39 is 16.5 Å². The molecule has 16 heavy (non-hydrogen) atoms. The van der Waals surface area contributed by atoms with Crippen LogP contribution in [0.15, 0.2) is 42.5 Å². The molecule has 0 amide bonds. The zero-order valence-corrected chi connectivity index (χ0v) is 9.61.